The summed E-state index contributed by atoms with van der Waals surface area (Å²) in [4.78, 5) is 4.29. The number of ether oxygens (including phenoxy) is 1. The van der Waals surface area contributed by atoms with E-state index in [1.807, 2.05) is 24.3 Å². The molecule has 0 fully saturated rings. The second kappa shape index (κ2) is 5.53. The van der Waals surface area contributed by atoms with E-state index in [4.69, 9.17) is 10.5 Å². The van der Waals surface area contributed by atoms with Crippen molar-refractivity contribution in [3.63, 3.8) is 0 Å². The smallest absolute Gasteiger partial charge is 0.130 e. The lowest BCUT2D eigenvalue weighted by atomic mass is 10.2. The number of aromatic nitrogens is 1. The van der Waals surface area contributed by atoms with Gasteiger partial charge in [-0.15, -0.1) is 0 Å². The summed E-state index contributed by atoms with van der Waals surface area (Å²) >= 11 is 0. The first-order valence-electron chi connectivity index (χ1n) is 6.08. The summed E-state index contributed by atoms with van der Waals surface area (Å²) in [5.41, 5.74) is 7.35. The van der Waals surface area contributed by atoms with E-state index >= 15 is 0 Å². The summed E-state index contributed by atoms with van der Waals surface area (Å²) in [5.74, 6) is 0.895. The van der Waals surface area contributed by atoms with Crippen LogP contribution in [-0.4, -0.2) is 11.6 Å². The number of nitrogens with zero attached hydrogens (tertiary/aromatic N) is 1. The van der Waals surface area contributed by atoms with Crippen molar-refractivity contribution in [3.8, 4) is 5.75 Å². The fraction of sp³-hybridized carbons (Fsp3) is 0.357. The largest absolute Gasteiger partial charge is 0.493 e. The predicted octanol–water partition coefficient (Wildman–Crippen LogP) is 3.39. The second-order valence-corrected chi connectivity index (χ2v) is 4.14. The minimum Gasteiger partial charge on any atom is -0.493 e. The molecule has 0 spiro atoms. The van der Waals surface area contributed by atoms with Gasteiger partial charge in [-0.1, -0.05) is 19.8 Å². The van der Waals surface area contributed by atoms with Crippen LogP contribution in [0.1, 0.15) is 26.2 Å². The SMILES string of the molecule is CCCCCOc1ccnc2cc(N)ccc12. The van der Waals surface area contributed by atoms with E-state index in [0.29, 0.717) is 0 Å². The highest BCUT2D eigenvalue weighted by atomic mass is 16.5. The Morgan fingerprint density at radius 1 is 1.24 bits per heavy atom. The van der Waals surface area contributed by atoms with Gasteiger partial charge in [0.25, 0.3) is 0 Å². The van der Waals surface area contributed by atoms with Crippen LogP contribution >= 0.6 is 0 Å². The molecular weight excluding hydrogens is 212 g/mol. The summed E-state index contributed by atoms with van der Waals surface area (Å²) in [5, 5.41) is 1.03. The van der Waals surface area contributed by atoms with Crippen LogP contribution in [0.2, 0.25) is 0 Å². The van der Waals surface area contributed by atoms with Crippen molar-refractivity contribution in [1.29, 1.82) is 0 Å². The Hall–Kier alpha value is -1.77. The molecule has 0 aliphatic heterocycles. The first-order valence-corrected chi connectivity index (χ1v) is 6.08. The molecule has 2 aromatic rings. The molecule has 0 saturated carbocycles. The average Bonchev–Trinajstić information content (AvgIpc) is 2.34. The summed E-state index contributed by atoms with van der Waals surface area (Å²) in [6, 6.07) is 7.62. The molecule has 17 heavy (non-hydrogen) atoms. The van der Waals surface area contributed by atoms with Gasteiger partial charge in [-0.05, 0) is 30.7 Å². The molecule has 0 atom stereocenters. The molecule has 0 saturated heterocycles. The fourth-order valence-electron chi connectivity index (χ4n) is 1.80. The predicted molar refractivity (Wildman–Crippen MR) is 71.2 cm³/mol. The van der Waals surface area contributed by atoms with E-state index in [0.717, 1.165) is 35.4 Å². The van der Waals surface area contributed by atoms with E-state index in [1.54, 1.807) is 6.20 Å². The molecule has 0 aliphatic rings. The zero-order chi connectivity index (χ0) is 12.1. The Kier molecular flexibility index (Phi) is 3.81. The Morgan fingerprint density at radius 2 is 2.12 bits per heavy atom. The number of anilines is 1. The van der Waals surface area contributed by atoms with E-state index in [1.165, 1.54) is 12.8 Å². The molecule has 1 heterocycles. The summed E-state index contributed by atoms with van der Waals surface area (Å²) in [6.07, 6.45) is 5.26. The lowest BCUT2D eigenvalue weighted by Gasteiger charge is -2.08. The van der Waals surface area contributed by atoms with Crippen molar-refractivity contribution in [2.24, 2.45) is 0 Å². The Balaban J connectivity index is 2.16. The molecule has 0 aliphatic carbocycles. The fourth-order valence-corrected chi connectivity index (χ4v) is 1.80. The number of unbranched alkanes of at least 4 members (excludes halogenated alkanes) is 2. The zero-order valence-electron chi connectivity index (χ0n) is 10.1. The lowest BCUT2D eigenvalue weighted by Crippen LogP contribution is -1.98. The van der Waals surface area contributed by atoms with Gasteiger partial charge in [0.1, 0.15) is 5.75 Å². The monoisotopic (exact) mass is 230 g/mol. The Bertz CT molecular complexity index is 497. The van der Waals surface area contributed by atoms with Gasteiger partial charge in [-0.25, -0.2) is 0 Å². The van der Waals surface area contributed by atoms with Gasteiger partial charge in [0.2, 0.25) is 0 Å². The van der Waals surface area contributed by atoms with Crippen LogP contribution in [0.5, 0.6) is 5.75 Å². The second-order valence-electron chi connectivity index (χ2n) is 4.14. The van der Waals surface area contributed by atoms with E-state index in [2.05, 4.69) is 11.9 Å². The standard InChI is InChI=1S/C14H18N2O/c1-2-3-4-9-17-14-7-8-16-13-10-11(15)5-6-12(13)14/h5-8,10H,2-4,9,15H2,1H3. The lowest BCUT2D eigenvalue weighted by molar-refractivity contribution is 0.309. The number of nitrogen functional groups attached to an aromatic ring is 1. The molecule has 0 amide bonds. The van der Waals surface area contributed by atoms with Gasteiger partial charge >= 0.3 is 0 Å². The third-order valence-electron chi connectivity index (χ3n) is 2.73. The molecule has 90 valence electrons. The number of hydrogen-bond donors (Lipinski definition) is 1. The first-order chi connectivity index (χ1) is 8.31. The minimum absolute atomic E-state index is 0.730. The molecule has 1 aromatic carbocycles. The van der Waals surface area contributed by atoms with Crippen molar-refractivity contribution in [2.75, 3.05) is 12.3 Å². The van der Waals surface area contributed by atoms with Crippen LogP contribution < -0.4 is 10.5 Å². The number of benzene rings is 1. The Labute approximate surface area is 102 Å². The van der Waals surface area contributed by atoms with E-state index in [9.17, 15) is 0 Å². The van der Waals surface area contributed by atoms with Crippen molar-refractivity contribution in [1.82, 2.24) is 4.98 Å². The number of fused-ring (bicyclic) bond motifs is 1. The topological polar surface area (TPSA) is 48.1 Å². The Morgan fingerprint density at radius 3 is 2.94 bits per heavy atom. The number of hydrogen-bond acceptors (Lipinski definition) is 3. The minimum atomic E-state index is 0.730. The molecule has 1 aromatic heterocycles. The molecule has 2 rings (SSSR count). The van der Waals surface area contributed by atoms with Gasteiger partial charge < -0.3 is 10.5 Å². The highest BCUT2D eigenvalue weighted by Crippen LogP contribution is 2.25. The summed E-state index contributed by atoms with van der Waals surface area (Å²) < 4.78 is 5.78. The van der Waals surface area contributed by atoms with Gasteiger partial charge in [-0.2, -0.15) is 0 Å². The maximum absolute atomic E-state index is 5.78. The molecule has 0 unspecified atom stereocenters. The maximum atomic E-state index is 5.78. The van der Waals surface area contributed by atoms with Crippen LogP contribution in [0, 0.1) is 0 Å². The highest BCUT2D eigenvalue weighted by Gasteiger charge is 2.02. The average molecular weight is 230 g/mol. The van der Waals surface area contributed by atoms with E-state index in [-0.39, 0.29) is 0 Å². The van der Waals surface area contributed by atoms with Crippen LogP contribution in [0.15, 0.2) is 30.5 Å². The molecular formula is C14H18N2O. The highest BCUT2D eigenvalue weighted by molar-refractivity contribution is 5.87. The molecule has 3 nitrogen and oxygen atoms in total. The number of nitrogens with two attached hydrogens (primary N) is 1. The van der Waals surface area contributed by atoms with Gasteiger partial charge in [0, 0.05) is 17.3 Å². The molecule has 3 heteroatoms. The van der Waals surface area contributed by atoms with Crippen LogP contribution in [0.3, 0.4) is 0 Å². The summed E-state index contributed by atoms with van der Waals surface area (Å²) in [7, 11) is 0. The number of rotatable bonds is 5. The molecule has 2 N–H and O–H groups in total. The van der Waals surface area contributed by atoms with Crippen molar-refractivity contribution in [2.45, 2.75) is 26.2 Å². The third kappa shape index (κ3) is 2.87. The van der Waals surface area contributed by atoms with Crippen molar-refractivity contribution < 1.29 is 4.74 Å². The van der Waals surface area contributed by atoms with Crippen molar-refractivity contribution >= 4 is 16.6 Å². The van der Waals surface area contributed by atoms with E-state index < -0.39 is 0 Å². The van der Waals surface area contributed by atoms with Crippen LogP contribution in [-0.2, 0) is 0 Å². The molecule has 0 radical (unpaired) electrons. The quantitative estimate of drug-likeness (QED) is 0.632. The molecule has 0 bridgehead atoms. The first kappa shape index (κ1) is 11.7. The maximum Gasteiger partial charge on any atom is 0.130 e. The van der Waals surface area contributed by atoms with Gasteiger partial charge in [0.05, 0.1) is 12.1 Å². The summed E-state index contributed by atoms with van der Waals surface area (Å²) in [6.45, 7) is 2.95. The van der Waals surface area contributed by atoms with Crippen LogP contribution in [0.4, 0.5) is 5.69 Å². The van der Waals surface area contributed by atoms with Gasteiger partial charge in [0.15, 0.2) is 0 Å². The third-order valence-corrected chi connectivity index (χ3v) is 2.73. The number of pyridine rings is 1. The van der Waals surface area contributed by atoms with Gasteiger partial charge in [-0.3, -0.25) is 4.98 Å². The van der Waals surface area contributed by atoms with Crippen molar-refractivity contribution in [3.05, 3.63) is 30.5 Å². The zero-order valence-corrected chi connectivity index (χ0v) is 10.1. The van der Waals surface area contributed by atoms with Crippen LogP contribution in [0.25, 0.3) is 10.9 Å². The normalized spacial score (nSPS) is 10.6.